The number of carboxylic acids is 1. The molecule has 1 heterocycles. The van der Waals surface area contributed by atoms with Gasteiger partial charge in [-0.3, -0.25) is 4.79 Å². The van der Waals surface area contributed by atoms with E-state index in [2.05, 4.69) is 0 Å². The summed E-state index contributed by atoms with van der Waals surface area (Å²) in [5.74, 6) is -1.32. The number of aryl methyl sites for hydroxylation is 2. The number of hydrogen-bond acceptors (Lipinski definition) is 2. The first-order valence-corrected chi connectivity index (χ1v) is 6.51. The van der Waals surface area contributed by atoms with E-state index in [-0.39, 0.29) is 6.10 Å². The number of carbonyl (C=O) groups is 1. The molecular weight excluding hydrogens is 228 g/mol. The quantitative estimate of drug-likeness (QED) is 0.894. The highest BCUT2D eigenvalue weighted by Crippen LogP contribution is 2.31. The minimum atomic E-state index is -0.782. The Morgan fingerprint density at radius 3 is 2.78 bits per heavy atom. The average Bonchev–Trinajstić information content (AvgIpc) is 2.35. The maximum Gasteiger partial charge on any atom is 0.313 e. The van der Waals surface area contributed by atoms with Crippen molar-refractivity contribution >= 4 is 5.97 Å². The minimum absolute atomic E-state index is 0.184. The van der Waals surface area contributed by atoms with E-state index in [0.717, 1.165) is 36.0 Å². The van der Waals surface area contributed by atoms with Crippen molar-refractivity contribution in [3.05, 3.63) is 34.9 Å². The SMILES string of the molecule is Cc1ccc(C)c(C(C(=O)O)C2CCCCO2)c1. The highest BCUT2D eigenvalue weighted by molar-refractivity contribution is 5.77. The lowest BCUT2D eigenvalue weighted by Gasteiger charge is -2.29. The molecule has 98 valence electrons. The largest absolute Gasteiger partial charge is 0.481 e. The number of rotatable bonds is 3. The van der Waals surface area contributed by atoms with Crippen molar-refractivity contribution in [2.45, 2.75) is 45.1 Å². The van der Waals surface area contributed by atoms with Crippen molar-refractivity contribution in [1.82, 2.24) is 0 Å². The summed E-state index contributed by atoms with van der Waals surface area (Å²) < 4.78 is 5.67. The summed E-state index contributed by atoms with van der Waals surface area (Å²) >= 11 is 0. The van der Waals surface area contributed by atoms with E-state index in [9.17, 15) is 9.90 Å². The zero-order chi connectivity index (χ0) is 13.1. The number of benzene rings is 1. The monoisotopic (exact) mass is 248 g/mol. The molecule has 0 bridgehead atoms. The predicted octanol–water partition coefficient (Wildman–Crippen LogP) is 3.04. The maximum atomic E-state index is 11.6. The third-order valence-corrected chi connectivity index (χ3v) is 3.62. The van der Waals surface area contributed by atoms with Gasteiger partial charge in [-0.1, -0.05) is 23.8 Å². The molecule has 0 amide bonds. The summed E-state index contributed by atoms with van der Waals surface area (Å²) in [6.07, 6.45) is 2.75. The lowest BCUT2D eigenvalue weighted by molar-refractivity contribution is -0.144. The summed E-state index contributed by atoms with van der Waals surface area (Å²) in [7, 11) is 0. The molecule has 0 radical (unpaired) electrons. The molecule has 1 saturated heterocycles. The van der Waals surface area contributed by atoms with Crippen molar-refractivity contribution < 1.29 is 14.6 Å². The molecule has 2 unspecified atom stereocenters. The average molecular weight is 248 g/mol. The summed E-state index contributed by atoms with van der Waals surface area (Å²) in [6, 6.07) is 5.98. The van der Waals surface area contributed by atoms with Gasteiger partial charge in [0, 0.05) is 6.61 Å². The van der Waals surface area contributed by atoms with Crippen LogP contribution in [0.5, 0.6) is 0 Å². The van der Waals surface area contributed by atoms with Gasteiger partial charge >= 0.3 is 5.97 Å². The third-order valence-electron chi connectivity index (χ3n) is 3.62. The number of carboxylic acid groups (broad SMARTS) is 1. The first kappa shape index (κ1) is 13.1. The van der Waals surface area contributed by atoms with Gasteiger partial charge < -0.3 is 9.84 Å². The lowest BCUT2D eigenvalue weighted by atomic mass is 9.86. The summed E-state index contributed by atoms with van der Waals surface area (Å²) in [6.45, 7) is 4.64. The van der Waals surface area contributed by atoms with Crippen molar-refractivity contribution in [1.29, 1.82) is 0 Å². The van der Waals surface area contributed by atoms with Crippen molar-refractivity contribution in [2.24, 2.45) is 0 Å². The highest BCUT2D eigenvalue weighted by atomic mass is 16.5. The van der Waals surface area contributed by atoms with Crippen LogP contribution in [0.4, 0.5) is 0 Å². The van der Waals surface area contributed by atoms with Gasteiger partial charge in [-0.15, -0.1) is 0 Å². The Morgan fingerprint density at radius 2 is 2.17 bits per heavy atom. The number of aliphatic carboxylic acids is 1. The second-order valence-corrected chi connectivity index (χ2v) is 5.08. The van der Waals surface area contributed by atoms with Crippen LogP contribution in [0, 0.1) is 13.8 Å². The van der Waals surface area contributed by atoms with Crippen LogP contribution in [0.25, 0.3) is 0 Å². The Kier molecular flexibility index (Phi) is 4.02. The van der Waals surface area contributed by atoms with Crippen LogP contribution in [0.2, 0.25) is 0 Å². The molecule has 2 atom stereocenters. The van der Waals surface area contributed by atoms with Crippen LogP contribution in [-0.4, -0.2) is 23.8 Å². The number of hydrogen-bond donors (Lipinski definition) is 1. The standard InChI is InChI=1S/C15H20O3/c1-10-6-7-11(2)12(9-10)14(15(16)17)13-5-3-4-8-18-13/h6-7,9,13-14H,3-5,8H2,1-2H3,(H,16,17). The molecule has 1 aliphatic heterocycles. The topological polar surface area (TPSA) is 46.5 Å². The molecule has 3 nitrogen and oxygen atoms in total. The molecule has 0 aromatic heterocycles. The fourth-order valence-corrected chi connectivity index (χ4v) is 2.62. The zero-order valence-electron chi connectivity index (χ0n) is 11.0. The molecule has 18 heavy (non-hydrogen) atoms. The molecule has 3 heteroatoms. The van der Waals surface area contributed by atoms with Crippen molar-refractivity contribution in [3.63, 3.8) is 0 Å². The Labute approximate surface area is 108 Å². The van der Waals surface area contributed by atoms with E-state index in [0.29, 0.717) is 6.61 Å². The van der Waals surface area contributed by atoms with Gasteiger partial charge in [0.1, 0.15) is 5.92 Å². The zero-order valence-corrected chi connectivity index (χ0v) is 11.0. The van der Waals surface area contributed by atoms with Gasteiger partial charge in [-0.2, -0.15) is 0 Å². The normalized spacial score (nSPS) is 21.6. The Bertz CT molecular complexity index is 433. The molecule has 0 spiro atoms. The Hall–Kier alpha value is -1.35. The van der Waals surface area contributed by atoms with Gasteiger partial charge in [0.15, 0.2) is 0 Å². The lowest BCUT2D eigenvalue weighted by Crippen LogP contribution is -2.32. The highest BCUT2D eigenvalue weighted by Gasteiger charge is 2.32. The van der Waals surface area contributed by atoms with E-state index in [1.807, 2.05) is 32.0 Å². The molecule has 1 aliphatic rings. The minimum Gasteiger partial charge on any atom is -0.481 e. The van der Waals surface area contributed by atoms with Gasteiger partial charge in [-0.05, 0) is 44.2 Å². The second kappa shape index (κ2) is 5.53. The second-order valence-electron chi connectivity index (χ2n) is 5.08. The summed E-state index contributed by atoms with van der Waals surface area (Å²) in [4.78, 5) is 11.6. The summed E-state index contributed by atoms with van der Waals surface area (Å²) in [5, 5.41) is 9.51. The van der Waals surface area contributed by atoms with Gasteiger partial charge in [0.05, 0.1) is 6.10 Å². The summed E-state index contributed by atoms with van der Waals surface area (Å²) in [5.41, 5.74) is 3.02. The van der Waals surface area contributed by atoms with Crippen LogP contribution < -0.4 is 0 Å². The third kappa shape index (κ3) is 2.72. The van der Waals surface area contributed by atoms with Crippen LogP contribution in [0.15, 0.2) is 18.2 Å². The Balaban J connectivity index is 2.34. The molecular formula is C15H20O3. The van der Waals surface area contributed by atoms with Crippen LogP contribution >= 0.6 is 0 Å². The van der Waals surface area contributed by atoms with Gasteiger partial charge in [0.25, 0.3) is 0 Å². The van der Waals surface area contributed by atoms with Crippen LogP contribution in [0.1, 0.15) is 41.9 Å². The molecule has 1 N–H and O–H groups in total. The van der Waals surface area contributed by atoms with E-state index in [4.69, 9.17) is 4.74 Å². The van der Waals surface area contributed by atoms with Crippen molar-refractivity contribution in [2.75, 3.05) is 6.61 Å². The Morgan fingerprint density at radius 1 is 1.39 bits per heavy atom. The van der Waals surface area contributed by atoms with Gasteiger partial charge in [0.2, 0.25) is 0 Å². The van der Waals surface area contributed by atoms with Crippen LogP contribution in [-0.2, 0) is 9.53 Å². The van der Waals surface area contributed by atoms with Crippen molar-refractivity contribution in [3.8, 4) is 0 Å². The smallest absolute Gasteiger partial charge is 0.313 e. The maximum absolute atomic E-state index is 11.6. The van der Waals surface area contributed by atoms with Gasteiger partial charge in [-0.25, -0.2) is 0 Å². The fraction of sp³-hybridized carbons (Fsp3) is 0.533. The molecule has 2 rings (SSSR count). The van der Waals surface area contributed by atoms with E-state index < -0.39 is 11.9 Å². The molecule has 1 aromatic rings. The molecule has 1 aromatic carbocycles. The molecule has 0 saturated carbocycles. The number of ether oxygens (including phenoxy) is 1. The van der Waals surface area contributed by atoms with E-state index in [1.54, 1.807) is 0 Å². The molecule has 1 fully saturated rings. The molecule has 0 aliphatic carbocycles. The predicted molar refractivity (Wildman–Crippen MR) is 69.9 cm³/mol. The van der Waals surface area contributed by atoms with E-state index in [1.165, 1.54) is 0 Å². The van der Waals surface area contributed by atoms with Crippen LogP contribution in [0.3, 0.4) is 0 Å². The van der Waals surface area contributed by atoms with E-state index >= 15 is 0 Å². The first-order valence-electron chi connectivity index (χ1n) is 6.51. The first-order chi connectivity index (χ1) is 8.59. The fourth-order valence-electron chi connectivity index (χ4n) is 2.62.